The highest BCUT2D eigenvalue weighted by Gasteiger charge is 2.14. The summed E-state index contributed by atoms with van der Waals surface area (Å²) in [6.45, 7) is 3.47. The summed E-state index contributed by atoms with van der Waals surface area (Å²) in [4.78, 5) is 12.3. The number of nitrogens with zero attached hydrogens (tertiary/aromatic N) is 1. The van der Waals surface area contributed by atoms with E-state index in [1.165, 1.54) is 6.07 Å². The number of nitrogens with one attached hydrogen (secondary N) is 1. The van der Waals surface area contributed by atoms with Crippen LogP contribution in [0.5, 0.6) is 0 Å². The molecular weight excluding hydrogens is 335 g/mol. The molecule has 2 aromatic rings. The van der Waals surface area contributed by atoms with Crippen LogP contribution in [0.4, 0.5) is 10.1 Å². The molecule has 0 aromatic heterocycles. The highest BCUT2D eigenvalue weighted by Crippen LogP contribution is 2.23. The minimum atomic E-state index is -0.521. The second-order valence-electron chi connectivity index (χ2n) is 4.68. The molecule has 0 bridgehead atoms. The summed E-state index contributed by atoms with van der Waals surface area (Å²) >= 11 is 3.33. The predicted octanol–water partition coefficient (Wildman–Crippen LogP) is 4.33. The van der Waals surface area contributed by atoms with Gasteiger partial charge in [-0.25, -0.2) is 4.39 Å². The molecule has 0 fully saturated rings. The van der Waals surface area contributed by atoms with Gasteiger partial charge in [-0.05, 0) is 59.6 Å². The second kappa shape index (κ2) is 6.06. The Bertz CT molecular complexity index is 766. The van der Waals surface area contributed by atoms with Gasteiger partial charge >= 0.3 is 0 Å². The van der Waals surface area contributed by atoms with E-state index >= 15 is 0 Å². The summed E-state index contributed by atoms with van der Waals surface area (Å²) in [7, 11) is 0. The number of benzene rings is 2. The number of carbonyl (C=O) groups excluding carboxylic acids is 1. The van der Waals surface area contributed by atoms with Crippen LogP contribution in [-0.2, 0) is 0 Å². The largest absolute Gasteiger partial charge is 0.322 e. The van der Waals surface area contributed by atoms with Crippen LogP contribution >= 0.6 is 15.9 Å². The molecule has 0 spiro atoms. The molecule has 0 heterocycles. The van der Waals surface area contributed by atoms with Crippen molar-refractivity contribution in [2.45, 2.75) is 13.8 Å². The van der Waals surface area contributed by atoms with Crippen molar-refractivity contribution in [3.63, 3.8) is 0 Å². The molecule has 2 aromatic carbocycles. The zero-order valence-electron chi connectivity index (χ0n) is 11.5. The van der Waals surface area contributed by atoms with Gasteiger partial charge in [0.2, 0.25) is 0 Å². The molecule has 2 rings (SSSR count). The molecule has 0 saturated carbocycles. The number of hydrogen-bond acceptors (Lipinski definition) is 2. The number of rotatable bonds is 2. The topological polar surface area (TPSA) is 52.9 Å². The van der Waals surface area contributed by atoms with Crippen LogP contribution in [0, 0.1) is 31.0 Å². The standard InChI is InChI=1S/C16H12BrFN2O/c1-9-3-4-12(13(17)5-9)16(21)20-15-7-11(8-19)6-14(18)10(15)2/h3-7H,1-2H3,(H,20,21). The number of halogens is 2. The first kappa shape index (κ1) is 15.2. The average molecular weight is 347 g/mol. The summed E-state index contributed by atoms with van der Waals surface area (Å²) in [6.07, 6.45) is 0. The van der Waals surface area contributed by atoms with E-state index in [9.17, 15) is 9.18 Å². The van der Waals surface area contributed by atoms with Crippen LogP contribution < -0.4 is 5.32 Å². The fourth-order valence-corrected chi connectivity index (χ4v) is 2.54. The Labute approximate surface area is 130 Å². The minimum absolute atomic E-state index is 0.163. The molecule has 0 saturated heterocycles. The van der Waals surface area contributed by atoms with Crippen molar-refractivity contribution < 1.29 is 9.18 Å². The Morgan fingerprint density at radius 3 is 2.62 bits per heavy atom. The molecule has 3 nitrogen and oxygen atoms in total. The smallest absolute Gasteiger partial charge is 0.256 e. The molecule has 21 heavy (non-hydrogen) atoms. The highest BCUT2D eigenvalue weighted by molar-refractivity contribution is 9.10. The lowest BCUT2D eigenvalue weighted by molar-refractivity contribution is 0.102. The summed E-state index contributed by atoms with van der Waals surface area (Å²) in [5.41, 5.74) is 2.22. The van der Waals surface area contributed by atoms with Gasteiger partial charge in [-0.3, -0.25) is 4.79 Å². The summed E-state index contributed by atoms with van der Waals surface area (Å²) in [5, 5.41) is 11.5. The minimum Gasteiger partial charge on any atom is -0.322 e. The SMILES string of the molecule is Cc1ccc(C(=O)Nc2cc(C#N)cc(F)c2C)c(Br)c1. The van der Waals surface area contributed by atoms with Crippen molar-refractivity contribution in [3.8, 4) is 6.07 Å². The molecule has 1 amide bonds. The third-order valence-corrected chi connectivity index (χ3v) is 3.75. The van der Waals surface area contributed by atoms with E-state index in [1.807, 2.05) is 25.1 Å². The Morgan fingerprint density at radius 2 is 2.00 bits per heavy atom. The fourth-order valence-electron chi connectivity index (χ4n) is 1.87. The molecule has 0 atom stereocenters. The molecule has 0 radical (unpaired) electrons. The van der Waals surface area contributed by atoms with Crippen LogP contribution in [0.2, 0.25) is 0 Å². The number of aryl methyl sites for hydroxylation is 1. The summed E-state index contributed by atoms with van der Waals surface area (Å²) < 4.78 is 14.4. The van der Waals surface area contributed by atoms with E-state index < -0.39 is 5.82 Å². The van der Waals surface area contributed by atoms with Crippen LogP contribution in [0.25, 0.3) is 0 Å². The van der Waals surface area contributed by atoms with Gasteiger partial charge in [-0.2, -0.15) is 5.26 Å². The normalized spacial score (nSPS) is 10.0. The lowest BCUT2D eigenvalue weighted by Crippen LogP contribution is -2.14. The lowest BCUT2D eigenvalue weighted by atomic mass is 10.1. The zero-order chi connectivity index (χ0) is 15.6. The van der Waals surface area contributed by atoms with E-state index in [1.54, 1.807) is 13.0 Å². The van der Waals surface area contributed by atoms with Crippen molar-refractivity contribution in [2.24, 2.45) is 0 Å². The predicted molar refractivity (Wildman–Crippen MR) is 82.7 cm³/mol. The molecule has 106 valence electrons. The summed E-state index contributed by atoms with van der Waals surface area (Å²) in [6, 6.07) is 9.80. The molecule has 5 heteroatoms. The first-order chi connectivity index (χ1) is 9.92. The molecule has 1 N–H and O–H groups in total. The second-order valence-corrected chi connectivity index (χ2v) is 5.53. The Kier molecular flexibility index (Phi) is 4.39. The van der Waals surface area contributed by atoms with Crippen LogP contribution in [0.15, 0.2) is 34.8 Å². The lowest BCUT2D eigenvalue weighted by Gasteiger charge is -2.11. The number of amides is 1. The van der Waals surface area contributed by atoms with Crippen LogP contribution in [0.3, 0.4) is 0 Å². The van der Waals surface area contributed by atoms with Crippen LogP contribution in [0.1, 0.15) is 27.0 Å². The van der Waals surface area contributed by atoms with Gasteiger partial charge in [0, 0.05) is 15.7 Å². The summed E-state index contributed by atoms with van der Waals surface area (Å²) in [5.74, 6) is -0.883. The van der Waals surface area contributed by atoms with Crippen molar-refractivity contribution in [1.29, 1.82) is 5.26 Å². The molecular formula is C16H12BrFN2O. The number of nitriles is 1. The highest BCUT2D eigenvalue weighted by atomic mass is 79.9. The van der Waals surface area contributed by atoms with E-state index in [0.29, 0.717) is 21.3 Å². The van der Waals surface area contributed by atoms with Gasteiger partial charge in [0.05, 0.1) is 17.2 Å². The van der Waals surface area contributed by atoms with E-state index in [0.717, 1.165) is 11.6 Å². The maximum Gasteiger partial charge on any atom is 0.256 e. The Hall–Kier alpha value is -2.19. The van der Waals surface area contributed by atoms with Gasteiger partial charge < -0.3 is 5.32 Å². The maximum atomic E-state index is 13.7. The van der Waals surface area contributed by atoms with Crippen molar-refractivity contribution in [1.82, 2.24) is 0 Å². The monoisotopic (exact) mass is 346 g/mol. The number of hydrogen-bond donors (Lipinski definition) is 1. The van der Waals surface area contributed by atoms with Crippen LogP contribution in [-0.4, -0.2) is 5.91 Å². The van der Waals surface area contributed by atoms with Gasteiger partial charge in [0.1, 0.15) is 5.82 Å². The van der Waals surface area contributed by atoms with Gasteiger partial charge in [-0.1, -0.05) is 6.07 Å². The Balaban J connectivity index is 2.36. The quantitative estimate of drug-likeness (QED) is 0.879. The van der Waals surface area contributed by atoms with Gasteiger partial charge in [0.25, 0.3) is 5.91 Å². The van der Waals surface area contributed by atoms with Gasteiger partial charge in [0.15, 0.2) is 0 Å². The van der Waals surface area contributed by atoms with E-state index in [-0.39, 0.29) is 11.5 Å². The first-order valence-corrected chi connectivity index (χ1v) is 6.99. The maximum absolute atomic E-state index is 13.7. The van der Waals surface area contributed by atoms with Crippen molar-refractivity contribution in [2.75, 3.05) is 5.32 Å². The van der Waals surface area contributed by atoms with Crippen molar-refractivity contribution in [3.05, 3.63) is 62.9 Å². The number of anilines is 1. The average Bonchev–Trinajstić information content (AvgIpc) is 2.43. The van der Waals surface area contributed by atoms with E-state index in [2.05, 4.69) is 21.2 Å². The fraction of sp³-hybridized carbons (Fsp3) is 0.125. The van der Waals surface area contributed by atoms with Crippen molar-refractivity contribution >= 4 is 27.5 Å². The third-order valence-electron chi connectivity index (χ3n) is 3.09. The molecule has 0 aliphatic heterocycles. The number of carbonyl (C=O) groups is 1. The third kappa shape index (κ3) is 3.29. The zero-order valence-corrected chi connectivity index (χ0v) is 13.1. The molecule has 0 aliphatic rings. The van der Waals surface area contributed by atoms with E-state index in [4.69, 9.17) is 5.26 Å². The Morgan fingerprint density at radius 1 is 1.29 bits per heavy atom. The van der Waals surface area contributed by atoms with Gasteiger partial charge in [-0.15, -0.1) is 0 Å². The first-order valence-electron chi connectivity index (χ1n) is 6.20. The molecule has 0 unspecified atom stereocenters. The molecule has 0 aliphatic carbocycles.